The predicted octanol–water partition coefficient (Wildman–Crippen LogP) is 3.38. The quantitative estimate of drug-likeness (QED) is 0.488. The molecule has 0 bridgehead atoms. The van der Waals surface area contributed by atoms with Gasteiger partial charge in [-0.2, -0.15) is 0 Å². The number of ketones is 1. The van der Waals surface area contributed by atoms with E-state index in [1.165, 1.54) is 6.08 Å². The van der Waals surface area contributed by atoms with E-state index in [4.69, 9.17) is 0 Å². The number of amides is 1. The van der Waals surface area contributed by atoms with Gasteiger partial charge in [-0.3, -0.25) is 9.59 Å². The van der Waals surface area contributed by atoms with E-state index in [9.17, 15) is 19.8 Å². The van der Waals surface area contributed by atoms with Crippen molar-refractivity contribution < 1.29 is 19.8 Å². The SMILES string of the molecule is C[C@H]1CC=C[C@H]2C=C(CO)[C@@H](C)[C@H]3[C@H](Cc4ccccc4)NC(=O)[C@@]23C(=O)C=C[C@@](C)(O)C1. The highest BCUT2D eigenvalue weighted by Gasteiger charge is 2.65. The molecular weight excluding hydrogens is 414 g/mol. The second-order valence-corrected chi connectivity index (χ2v) is 10.4. The van der Waals surface area contributed by atoms with Gasteiger partial charge in [-0.05, 0) is 61.3 Å². The zero-order valence-electron chi connectivity index (χ0n) is 19.7. The third-order valence-electron chi connectivity index (χ3n) is 7.82. The molecule has 1 spiro atoms. The summed E-state index contributed by atoms with van der Waals surface area (Å²) in [5.74, 6) is -1.22. The molecule has 0 aromatic heterocycles. The van der Waals surface area contributed by atoms with Crippen molar-refractivity contribution in [2.75, 3.05) is 6.61 Å². The summed E-state index contributed by atoms with van der Waals surface area (Å²) in [5, 5.41) is 24.1. The maximum absolute atomic E-state index is 13.9. The van der Waals surface area contributed by atoms with Crippen LogP contribution in [0, 0.1) is 29.1 Å². The predicted molar refractivity (Wildman–Crippen MR) is 128 cm³/mol. The van der Waals surface area contributed by atoms with Gasteiger partial charge in [0.25, 0.3) is 0 Å². The van der Waals surface area contributed by atoms with Crippen molar-refractivity contribution in [3.63, 3.8) is 0 Å². The molecule has 1 aromatic carbocycles. The molecule has 0 saturated carbocycles. The van der Waals surface area contributed by atoms with E-state index in [0.29, 0.717) is 12.8 Å². The number of aliphatic hydroxyl groups excluding tert-OH is 1. The number of benzene rings is 1. The van der Waals surface area contributed by atoms with E-state index < -0.39 is 16.9 Å². The van der Waals surface area contributed by atoms with Crippen LogP contribution in [-0.4, -0.2) is 40.2 Å². The topological polar surface area (TPSA) is 86.6 Å². The second-order valence-electron chi connectivity index (χ2n) is 10.4. The number of carbonyl (C=O) groups is 2. The summed E-state index contributed by atoms with van der Waals surface area (Å²) in [6.45, 7) is 5.69. The van der Waals surface area contributed by atoms with Crippen molar-refractivity contribution in [1.29, 1.82) is 0 Å². The van der Waals surface area contributed by atoms with Gasteiger partial charge in [-0.25, -0.2) is 0 Å². The van der Waals surface area contributed by atoms with E-state index in [1.807, 2.05) is 55.5 Å². The lowest BCUT2D eigenvalue weighted by Crippen LogP contribution is -2.52. The molecule has 0 unspecified atom stereocenters. The fourth-order valence-corrected chi connectivity index (χ4v) is 6.31. The van der Waals surface area contributed by atoms with E-state index in [2.05, 4.69) is 12.2 Å². The zero-order chi connectivity index (χ0) is 23.8. The number of rotatable bonds is 3. The second kappa shape index (κ2) is 9.03. The van der Waals surface area contributed by atoms with Crippen LogP contribution in [0.25, 0.3) is 0 Å². The zero-order valence-corrected chi connectivity index (χ0v) is 19.7. The van der Waals surface area contributed by atoms with Crippen LogP contribution in [0.3, 0.4) is 0 Å². The third kappa shape index (κ3) is 4.24. The van der Waals surface area contributed by atoms with Crippen molar-refractivity contribution in [1.82, 2.24) is 5.32 Å². The van der Waals surface area contributed by atoms with Gasteiger partial charge in [-0.1, -0.05) is 62.4 Å². The van der Waals surface area contributed by atoms with Gasteiger partial charge in [0.1, 0.15) is 5.41 Å². The molecule has 1 amide bonds. The average Bonchev–Trinajstić information content (AvgIpc) is 3.06. The van der Waals surface area contributed by atoms with Gasteiger partial charge in [0.05, 0.1) is 12.2 Å². The van der Waals surface area contributed by atoms with Gasteiger partial charge in [-0.15, -0.1) is 0 Å². The van der Waals surface area contributed by atoms with Gasteiger partial charge in [0.2, 0.25) is 5.91 Å². The summed E-state index contributed by atoms with van der Waals surface area (Å²) in [4.78, 5) is 27.7. The molecule has 5 heteroatoms. The van der Waals surface area contributed by atoms with Crippen molar-refractivity contribution in [2.45, 2.75) is 51.7 Å². The molecule has 2 aliphatic carbocycles. The van der Waals surface area contributed by atoms with Crippen molar-refractivity contribution >= 4 is 11.7 Å². The Morgan fingerprint density at radius 2 is 1.88 bits per heavy atom. The molecule has 1 aromatic rings. The largest absolute Gasteiger partial charge is 0.392 e. The Morgan fingerprint density at radius 3 is 2.58 bits per heavy atom. The first kappa shape index (κ1) is 23.7. The minimum Gasteiger partial charge on any atom is -0.392 e. The molecule has 1 heterocycles. The fourth-order valence-electron chi connectivity index (χ4n) is 6.31. The molecule has 1 aliphatic heterocycles. The smallest absolute Gasteiger partial charge is 0.235 e. The van der Waals surface area contributed by atoms with Crippen LogP contribution < -0.4 is 5.32 Å². The molecule has 33 heavy (non-hydrogen) atoms. The summed E-state index contributed by atoms with van der Waals surface area (Å²) in [6.07, 6.45) is 10.8. The molecule has 3 N–H and O–H groups in total. The van der Waals surface area contributed by atoms with Crippen LogP contribution in [0.5, 0.6) is 0 Å². The molecule has 3 aliphatic rings. The average molecular weight is 450 g/mol. The van der Waals surface area contributed by atoms with Gasteiger partial charge in [0.15, 0.2) is 5.78 Å². The van der Waals surface area contributed by atoms with Crippen LogP contribution in [-0.2, 0) is 16.0 Å². The highest BCUT2D eigenvalue weighted by Crippen LogP contribution is 2.54. The Morgan fingerprint density at radius 1 is 1.15 bits per heavy atom. The van der Waals surface area contributed by atoms with Crippen LogP contribution >= 0.6 is 0 Å². The Bertz CT molecular complexity index is 992. The van der Waals surface area contributed by atoms with Crippen LogP contribution in [0.1, 0.15) is 39.2 Å². The maximum Gasteiger partial charge on any atom is 0.235 e. The Hall–Kier alpha value is -2.50. The lowest BCUT2D eigenvalue weighted by Gasteiger charge is -2.44. The highest BCUT2D eigenvalue weighted by molar-refractivity contribution is 6.13. The van der Waals surface area contributed by atoms with Crippen molar-refractivity contribution in [3.8, 4) is 0 Å². The van der Waals surface area contributed by atoms with Crippen LogP contribution in [0.2, 0.25) is 0 Å². The number of carbonyl (C=O) groups excluding carboxylic acids is 2. The van der Waals surface area contributed by atoms with E-state index in [1.54, 1.807) is 13.0 Å². The molecule has 4 rings (SSSR count). The first-order chi connectivity index (χ1) is 15.7. The molecule has 176 valence electrons. The van der Waals surface area contributed by atoms with Gasteiger partial charge < -0.3 is 15.5 Å². The van der Waals surface area contributed by atoms with Gasteiger partial charge in [0, 0.05) is 17.9 Å². The Labute approximate surface area is 196 Å². The standard InChI is InChI=1S/C28H35NO4/c1-18-8-7-11-22-15-21(17-30)19(2)25-23(14-20-9-5-4-6-10-20)29-26(32)28(22,25)24(31)12-13-27(3,33)16-18/h4-7,9-13,15,18-19,22-23,25,30,33H,8,14,16-17H2,1-3H3,(H,29,32)/t18-,19+,22-,23-,25-,27+,28+/m0/s1. The Balaban J connectivity index is 1.86. The molecule has 7 atom stereocenters. The molecular formula is C28H35NO4. The number of aliphatic hydroxyl groups is 2. The number of allylic oxidation sites excluding steroid dienone is 4. The normalized spacial score (nSPS) is 38.7. The van der Waals surface area contributed by atoms with Crippen molar-refractivity contribution in [2.24, 2.45) is 29.1 Å². The van der Waals surface area contributed by atoms with Gasteiger partial charge >= 0.3 is 0 Å². The minimum atomic E-state index is -1.30. The first-order valence-electron chi connectivity index (χ1n) is 12.0. The monoisotopic (exact) mass is 449 g/mol. The number of hydrogen-bond donors (Lipinski definition) is 3. The summed E-state index contributed by atoms with van der Waals surface area (Å²) in [5.41, 5.74) is -0.462. The molecule has 1 saturated heterocycles. The van der Waals surface area contributed by atoms with E-state index >= 15 is 0 Å². The lowest BCUT2D eigenvalue weighted by molar-refractivity contribution is -0.142. The number of hydrogen-bond acceptors (Lipinski definition) is 4. The molecule has 5 nitrogen and oxygen atoms in total. The lowest BCUT2D eigenvalue weighted by atomic mass is 9.55. The highest BCUT2D eigenvalue weighted by atomic mass is 16.3. The summed E-state index contributed by atoms with van der Waals surface area (Å²) in [6, 6.07) is 9.73. The molecule has 0 radical (unpaired) electrons. The Kier molecular flexibility index (Phi) is 6.47. The van der Waals surface area contributed by atoms with Crippen LogP contribution in [0.15, 0.2) is 66.3 Å². The summed E-state index contributed by atoms with van der Waals surface area (Å²) in [7, 11) is 0. The number of nitrogens with one attached hydrogen (secondary N) is 1. The summed E-state index contributed by atoms with van der Waals surface area (Å²) >= 11 is 0. The third-order valence-corrected chi connectivity index (χ3v) is 7.82. The molecule has 1 fully saturated rings. The fraction of sp³-hybridized carbons (Fsp3) is 0.500. The maximum atomic E-state index is 13.9. The van der Waals surface area contributed by atoms with Crippen molar-refractivity contribution in [3.05, 3.63) is 71.8 Å². The minimum absolute atomic E-state index is 0.0977. The van der Waals surface area contributed by atoms with E-state index in [0.717, 1.165) is 17.6 Å². The first-order valence-corrected chi connectivity index (χ1v) is 12.0. The van der Waals surface area contributed by atoms with E-state index in [-0.39, 0.29) is 42.1 Å². The summed E-state index contributed by atoms with van der Waals surface area (Å²) < 4.78 is 0. The van der Waals surface area contributed by atoms with Crippen LogP contribution in [0.4, 0.5) is 0 Å².